The smallest absolute Gasteiger partial charge is 0.244 e. The Labute approximate surface area is 112 Å². The summed E-state index contributed by atoms with van der Waals surface area (Å²) in [5.41, 5.74) is 5.99. The molecule has 0 spiro atoms. The molecule has 0 aromatic carbocycles. The molecule has 2 rings (SSSR count). The highest BCUT2D eigenvalue weighted by Gasteiger charge is 2.31. The molecular weight excluding hydrogens is 290 g/mol. The van der Waals surface area contributed by atoms with Crippen LogP contribution in [0.1, 0.15) is 5.69 Å². The Balaban J connectivity index is 2.22. The zero-order chi connectivity index (χ0) is 14.1. The predicted molar refractivity (Wildman–Crippen MR) is 69.5 cm³/mol. The van der Waals surface area contributed by atoms with Crippen molar-refractivity contribution in [3.05, 3.63) is 24.0 Å². The van der Waals surface area contributed by atoms with Gasteiger partial charge >= 0.3 is 0 Å². The van der Waals surface area contributed by atoms with Crippen molar-refractivity contribution in [3.63, 3.8) is 0 Å². The second-order valence-electron chi connectivity index (χ2n) is 4.25. The van der Waals surface area contributed by atoms with Crippen LogP contribution in [0.15, 0.2) is 23.2 Å². The summed E-state index contributed by atoms with van der Waals surface area (Å²) in [5.74, 6) is -0.277. The van der Waals surface area contributed by atoms with Gasteiger partial charge in [0.15, 0.2) is 9.84 Å². The van der Waals surface area contributed by atoms with Gasteiger partial charge in [-0.25, -0.2) is 16.8 Å². The largest absolute Gasteiger partial charge is 0.325 e. The van der Waals surface area contributed by atoms with Crippen LogP contribution in [0.2, 0.25) is 0 Å². The molecule has 0 aliphatic carbocycles. The van der Waals surface area contributed by atoms with Crippen molar-refractivity contribution in [2.75, 3.05) is 24.6 Å². The van der Waals surface area contributed by atoms with Crippen LogP contribution in [0, 0.1) is 0 Å². The summed E-state index contributed by atoms with van der Waals surface area (Å²) in [6, 6.07) is 2.99. The molecule has 9 heteroatoms. The Hall–Kier alpha value is -1.03. The van der Waals surface area contributed by atoms with Crippen molar-refractivity contribution in [2.24, 2.45) is 5.73 Å². The maximum atomic E-state index is 12.3. The van der Waals surface area contributed by atoms with Gasteiger partial charge in [-0.1, -0.05) is 0 Å². The Morgan fingerprint density at radius 1 is 1.26 bits per heavy atom. The Bertz CT molecular complexity index is 639. The van der Waals surface area contributed by atoms with E-state index in [0.29, 0.717) is 5.69 Å². The second kappa shape index (κ2) is 5.16. The molecule has 1 fully saturated rings. The lowest BCUT2D eigenvalue weighted by atomic mass is 10.4. The Kier molecular flexibility index (Phi) is 3.90. The molecule has 0 saturated carbocycles. The molecule has 0 bridgehead atoms. The van der Waals surface area contributed by atoms with E-state index >= 15 is 0 Å². The molecule has 2 heterocycles. The minimum Gasteiger partial charge on any atom is -0.325 e. The number of sulfone groups is 1. The quantitative estimate of drug-likeness (QED) is 0.763. The number of sulfonamides is 1. The van der Waals surface area contributed by atoms with Crippen LogP contribution in [0.4, 0.5) is 0 Å². The number of nitrogens with zero attached hydrogens (tertiary/aromatic N) is 2. The number of hydrogen-bond acceptors (Lipinski definition) is 6. The van der Waals surface area contributed by atoms with E-state index in [1.165, 1.54) is 16.6 Å². The van der Waals surface area contributed by atoms with Crippen molar-refractivity contribution in [2.45, 2.75) is 11.4 Å². The molecule has 0 unspecified atom stereocenters. The van der Waals surface area contributed by atoms with E-state index in [1.54, 1.807) is 6.07 Å². The van der Waals surface area contributed by atoms with Crippen LogP contribution in [0.25, 0.3) is 0 Å². The molecule has 1 saturated heterocycles. The van der Waals surface area contributed by atoms with E-state index in [1.807, 2.05) is 0 Å². The lowest BCUT2D eigenvalue weighted by molar-refractivity contribution is 0.430. The van der Waals surface area contributed by atoms with Gasteiger partial charge in [-0.2, -0.15) is 4.31 Å². The lowest BCUT2D eigenvalue weighted by Gasteiger charge is -2.25. The average Bonchev–Trinajstić information content (AvgIpc) is 2.38. The van der Waals surface area contributed by atoms with E-state index < -0.39 is 19.9 Å². The average molecular weight is 305 g/mol. The predicted octanol–water partition coefficient (Wildman–Crippen LogP) is -1.04. The monoisotopic (exact) mass is 305 g/mol. The van der Waals surface area contributed by atoms with Crippen molar-refractivity contribution in [1.29, 1.82) is 0 Å². The normalized spacial score (nSPS) is 20.3. The fourth-order valence-corrected chi connectivity index (χ4v) is 4.59. The molecule has 0 atom stereocenters. The summed E-state index contributed by atoms with van der Waals surface area (Å²) in [5, 5.41) is 0. The van der Waals surface area contributed by atoms with Crippen molar-refractivity contribution in [3.8, 4) is 0 Å². The molecule has 0 radical (unpaired) electrons. The maximum absolute atomic E-state index is 12.3. The molecular formula is C10H15N3O4S2. The Morgan fingerprint density at radius 3 is 2.37 bits per heavy atom. The van der Waals surface area contributed by atoms with E-state index in [0.717, 1.165) is 0 Å². The zero-order valence-electron chi connectivity index (χ0n) is 10.2. The number of nitrogens with two attached hydrogens (primary N) is 1. The van der Waals surface area contributed by atoms with Crippen molar-refractivity contribution in [1.82, 2.24) is 9.29 Å². The molecule has 19 heavy (non-hydrogen) atoms. The lowest BCUT2D eigenvalue weighted by Crippen LogP contribution is -2.43. The van der Waals surface area contributed by atoms with Crippen LogP contribution in [0.3, 0.4) is 0 Å². The molecule has 7 nitrogen and oxygen atoms in total. The highest BCUT2D eigenvalue weighted by molar-refractivity contribution is 7.92. The van der Waals surface area contributed by atoms with Crippen LogP contribution < -0.4 is 5.73 Å². The van der Waals surface area contributed by atoms with Gasteiger partial charge < -0.3 is 5.73 Å². The van der Waals surface area contributed by atoms with Crippen molar-refractivity contribution >= 4 is 19.9 Å². The minimum absolute atomic E-state index is 0.0106. The molecule has 1 aromatic rings. The van der Waals surface area contributed by atoms with Gasteiger partial charge in [-0.05, 0) is 12.1 Å². The number of rotatable bonds is 3. The van der Waals surface area contributed by atoms with Crippen LogP contribution in [-0.4, -0.2) is 50.7 Å². The summed E-state index contributed by atoms with van der Waals surface area (Å²) in [7, 11) is -6.78. The Morgan fingerprint density at radius 2 is 1.89 bits per heavy atom. The highest BCUT2D eigenvalue weighted by atomic mass is 32.2. The summed E-state index contributed by atoms with van der Waals surface area (Å²) in [6.07, 6.45) is 1.25. The molecule has 1 aliphatic rings. The number of hydrogen-bond donors (Lipinski definition) is 1. The van der Waals surface area contributed by atoms with Crippen LogP contribution in [-0.2, 0) is 26.4 Å². The standard InChI is InChI=1S/C10H15N3O4S2/c11-7-9-1-2-10(8-12-9)19(16,17)13-3-5-18(14,15)6-4-13/h1-2,8H,3-7,11H2. The highest BCUT2D eigenvalue weighted by Crippen LogP contribution is 2.17. The topological polar surface area (TPSA) is 110 Å². The van der Waals surface area contributed by atoms with E-state index in [2.05, 4.69) is 4.98 Å². The number of aromatic nitrogens is 1. The maximum Gasteiger partial charge on any atom is 0.244 e. The fraction of sp³-hybridized carbons (Fsp3) is 0.500. The van der Waals surface area contributed by atoms with Gasteiger partial charge in [-0.15, -0.1) is 0 Å². The van der Waals surface area contributed by atoms with Gasteiger partial charge in [0.25, 0.3) is 0 Å². The first-order valence-corrected chi connectivity index (χ1v) is 8.97. The third-order valence-corrected chi connectivity index (χ3v) is 6.44. The third kappa shape index (κ3) is 3.11. The van der Waals surface area contributed by atoms with E-state index in [-0.39, 0.29) is 36.0 Å². The first-order chi connectivity index (χ1) is 8.85. The number of pyridine rings is 1. The molecule has 1 aromatic heterocycles. The van der Waals surface area contributed by atoms with Gasteiger partial charge in [0.2, 0.25) is 10.0 Å². The summed E-state index contributed by atoms with van der Waals surface area (Å²) in [6.45, 7) is 0.217. The SMILES string of the molecule is NCc1ccc(S(=O)(=O)N2CCS(=O)(=O)CC2)cn1. The van der Waals surface area contributed by atoms with Gasteiger partial charge in [0.05, 0.1) is 17.2 Å². The van der Waals surface area contributed by atoms with Gasteiger partial charge in [0, 0.05) is 25.8 Å². The molecule has 0 amide bonds. The molecule has 106 valence electrons. The van der Waals surface area contributed by atoms with E-state index in [9.17, 15) is 16.8 Å². The van der Waals surface area contributed by atoms with Crippen molar-refractivity contribution < 1.29 is 16.8 Å². The van der Waals surface area contributed by atoms with Crippen LogP contribution >= 0.6 is 0 Å². The van der Waals surface area contributed by atoms with Crippen LogP contribution in [0.5, 0.6) is 0 Å². The zero-order valence-corrected chi connectivity index (χ0v) is 11.8. The molecule has 1 aliphatic heterocycles. The molecule has 2 N–H and O–H groups in total. The first-order valence-electron chi connectivity index (χ1n) is 5.71. The fourth-order valence-electron chi connectivity index (χ4n) is 1.77. The van der Waals surface area contributed by atoms with E-state index in [4.69, 9.17) is 5.73 Å². The summed E-state index contributed by atoms with van der Waals surface area (Å²) in [4.78, 5) is 4.00. The first kappa shape index (κ1) is 14.4. The minimum atomic E-state index is -3.67. The third-order valence-electron chi connectivity index (χ3n) is 2.95. The summed E-state index contributed by atoms with van der Waals surface area (Å²) >= 11 is 0. The van der Waals surface area contributed by atoms with Gasteiger partial charge in [-0.3, -0.25) is 4.98 Å². The second-order valence-corrected chi connectivity index (χ2v) is 8.49. The van der Waals surface area contributed by atoms with Gasteiger partial charge in [0.1, 0.15) is 4.90 Å². The summed E-state index contributed by atoms with van der Waals surface area (Å²) < 4.78 is 48.3.